The van der Waals surface area contributed by atoms with Crippen LogP contribution in [0.4, 0.5) is 0 Å². The predicted molar refractivity (Wildman–Crippen MR) is 66.7 cm³/mol. The second kappa shape index (κ2) is 6.27. The number of hydrogen-bond donors (Lipinski definition) is 0. The zero-order chi connectivity index (χ0) is 11.9. The number of benzene rings is 1. The number of piperidine rings is 1. The Morgan fingerprint density at radius 2 is 1.94 bits per heavy atom. The highest BCUT2D eigenvalue weighted by atomic mass is 16.5. The van der Waals surface area contributed by atoms with Crippen LogP contribution in [0, 0.1) is 17.2 Å². The molecule has 0 radical (unpaired) electrons. The summed E-state index contributed by atoms with van der Waals surface area (Å²) in [5.41, 5.74) is 0. The molecule has 3 nitrogen and oxygen atoms in total. The summed E-state index contributed by atoms with van der Waals surface area (Å²) in [5.74, 6) is 1.58. The third-order valence-corrected chi connectivity index (χ3v) is 3.23. The van der Waals surface area contributed by atoms with Crippen molar-refractivity contribution in [2.24, 2.45) is 5.92 Å². The summed E-state index contributed by atoms with van der Waals surface area (Å²) in [7, 11) is 0. The largest absolute Gasteiger partial charge is 0.493 e. The molecular weight excluding hydrogens is 212 g/mol. The molecule has 0 spiro atoms. The smallest absolute Gasteiger partial charge is 0.119 e. The van der Waals surface area contributed by atoms with Gasteiger partial charge in [0.1, 0.15) is 5.75 Å². The van der Waals surface area contributed by atoms with Crippen LogP contribution in [0.2, 0.25) is 0 Å². The Kier molecular flexibility index (Phi) is 4.40. The van der Waals surface area contributed by atoms with E-state index in [1.807, 2.05) is 30.3 Å². The summed E-state index contributed by atoms with van der Waals surface area (Å²) in [6.45, 7) is 3.41. The summed E-state index contributed by atoms with van der Waals surface area (Å²) < 4.78 is 5.76. The van der Waals surface area contributed by atoms with E-state index in [-0.39, 0.29) is 0 Å². The van der Waals surface area contributed by atoms with Crippen molar-refractivity contribution in [2.75, 3.05) is 26.2 Å². The van der Waals surface area contributed by atoms with Gasteiger partial charge in [0.15, 0.2) is 0 Å². The molecule has 0 aromatic heterocycles. The first-order chi connectivity index (χ1) is 8.38. The van der Waals surface area contributed by atoms with Crippen molar-refractivity contribution in [3.05, 3.63) is 30.3 Å². The lowest BCUT2D eigenvalue weighted by molar-refractivity contribution is 0.151. The van der Waals surface area contributed by atoms with Gasteiger partial charge in [-0.3, -0.25) is 4.90 Å². The molecule has 17 heavy (non-hydrogen) atoms. The molecule has 0 N–H and O–H groups in total. The minimum absolute atomic E-state index is 0.562. The Balaban J connectivity index is 1.70. The molecule has 1 heterocycles. The second-order valence-corrected chi connectivity index (χ2v) is 4.50. The topological polar surface area (TPSA) is 36.3 Å². The molecule has 0 atom stereocenters. The first-order valence-electron chi connectivity index (χ1n) is 6.15. The quantitative estimate of drug-likeness (QED) is 0.745. The van der Waals surface area contributed by atoms with Gasteiger partial charge < -0.3 is 4.74 Å². The number of ether oxygens (including phenoxy) is 1. The molecule has 1 fully saturated rings. The third kappa shape index (κ3) is 3.76. The van der Waals surface area contributed by atoms with E-state index in [2.05, 4.69) is 11.0 Å². The molecule has 0 aliphatic carbocycles. The highest BCUT2D eigenvalue weighted by Gasteiger charge is 2.19. The molecule has 0 bridgehead atoms. The lowest BCUT2D eigenvalue weighted by Crippen LogP contribution is -2.35. The van der Waals surface area contributed by atoms with Crippen LogP contribution < -0.4 is 4.74 Å². The standard InChI is InChI=1S/C14H18N2O/c15-8-11-16-9-6-13(7-10-16)12-17-14-4-2-1-3-5-14/h1-5,13H,6-7,9-12H2. The summed E-state index contributed by atoms with van der Waals surface area (Å²) in [6.07, 6.45) is 2.27. The van der Waals surface area contributed by atoms with Gasteiger partial charge in [-0.2, -0.15) is 5.26 Å². The molecule has 1 aromatic carbocycles. The van der Waals surface area contributed by atoms with Gasteiger partial charge in [0.25, 0.3) is 0 Å². The fourth-order valence-electron chi connectivity index (χ4n) is 2.14. The summed E-state index contributed by atoms with van der Waals surface area (Å²) in [5, 5.41) is 8.62. The molecule has 1 aromatic rings. The Bertz CT molecular complexity index is 364. The Morgan fingerprint density at radius 1 is 1.24 bits per heavy atom. The van der Waals surface area contributed by atoms with E-state index >= 15 is 0 Å². The molecule has 90 valence electrons. The maximum absolute atomic E-state index is 8.62. The van der Waals surface area contributed by atoms with Gasteiger partial charge in [-0.05, 0) is 44.0 Å². The average Bonchev–Trinajstić information content (AvgIpc) is 2.40. The van der Waals surface area contributed by atoms with Crippen molar-refractivity contribution in [1.82, 2.24) is 4.90 Å². The summed E-state index contributed by atoms with van der Waals surface area (Å²) in [4.78, 5) is 2.21. The van der Waals surface area contributed by atoms with E-state index in [1.165, 1.54) is 0 Å². The van der Waals surface area contributed by atoms with Crippen LogP contribution in [0.3, 0.4) is 0 Å². The molecule has 3 heteroatoms. The number of rotatable bonds is 4. The first-order valence-corrected chi connectivity index (χ1v) is 6.15. The van der Waals surface area contributed by atoms with Crippen molar-refractivity contribution in [1.29, 1.82) is 5.26 Å². The number of nitrogens with zero attached hydrogens (tertiary/aromatic N) is 2. The minimum atomic E-state index is 0.562. The van der Waals surface area contributed by atoms with E-state index in [4.69, 9.17) is 10.00 Å². The zero-order valence-electron chi connectivity index (χ0n) is 10.0. The molecule has 0 amide bonds. The highest BCUT2D eigenvalue weighted by molar-refractivity contribution is 5.20. The lowest BCUT2D eigenvalue weighted by Gasteiger charge is -2.29. The zero-order valence-corrected chi connectivity index (χ0v) is 10.0. The first kappa shape index (κ1) is 11.9. The van der Waals surface area contributed by atoms with Crippen molar-refractivity contribution in [3.8, 4) is 11.8 Å². The molecular formula is C14H18N2O. The van der Waals surface area contributed by atoms with Gasteiger partial charge in [-0.15, -0.1) is 0 Å². The maximum Gasteiger partial charge on any atom is 0.119 e. The molecule has 1 aliphatic heterocycles. The van der Waals surface area contributed by atoms with Gasteiger partial charge in [-0.1, -0.05) is 18.2 Å². The maximum atomic E-state index is 8.62. The van der Waals surface area contributed by atoms with Crippen LogP contribution in [-0.4, -0.2) is 31.1 Å². The molecule has 1 saturated heterocycles. The minimum Gasteiger partial charge on any atom is -0.493 e. The van der Waals surface area contributed by atoms with Gasteiger partial charge in [0, 0.05) is 0 Å². The number of likely N-dealkylation sites (tertiary alicyclic amines) is 1. The van der Waals surface area contributed by atoms with Crippen molar-refractivity contribution < 1.29 is 4.74 Å². The Labute approximate surface area is 103 Å². The molecule has 0 saturated carbocycles. The van der Waals surface area contributed by atoms with E-state index in [9.17, 15) is 0 Å². The monoisotopic (exact) mass is 230 g/mol. The normalized spacial score (nSPS) is 17.6. The van der Waals surface area contributed by atoms with E-state index in [1.54, 1.807) is 0 Å². The van der Waals surface area contributed by atoms with Crippen LogP contribution in [-0.2, 0) is 0 Å². The third-order valence-electron chi connectivity index (χ3n) is 3.23. The molecule has 0 unspecified atom stereocenters. The number of nitriles is 1. The van der Waals surface area contributed by atoms with Gasteiger partial charge >= 0.3 is 0 Å². The second-order valence-electron chi connectivity index (χ2n) is 4.50. The van der Waals surface area contributed by atoms with Gasteiger partial charge in [0.2, 0.25) is 0 Å². The molecule has 2 rings (SSSR count). The highest BCUT2D eigenvalue weighted by Crippen LogP contribution is 2.18. The Hall–Kier alpha value is -1.53. The average molecular weight is 230 g/mol. The number of hydrogen-bond acceptors (Lipinski definition) is 3. The van der Waals surface area contributed by atoms with Crippen molar-refractivity contribution >= 4 is 0 Å². The van der Waals surface area contributed by atoms with Crippen LogP contribution in [0.1, 0.15) is 12.8 Å². The van der Waals surface area contributed by atoms with Crippen LogP contribution in [0.5, 0.6) is 5.75 Å². The van der Waals surface area contributed by atoms with Crippen molar-refractivity contribution in [3.63, 3.8) is 0 Å². The van der Waals surface area contributed by atoms with Crippen LogP contribution >= 0.6 is 0 Å². The predicted octanol–water partition coefficient (Wildman–Crippen LogP) is 2.30. The summed E-state index contributed by atoms with van der Waals surface area (Å²) in [6, 6.07) is 12.2. The fourth-order valence-corrected chi connectivity index (χ4v) is 2.14. The Morgan fingerprint density at radius 3 is 2.59 bits per heavy atom. The van der Waals surface area contributed by atoms with Crippen LogP contribution in [0.15, 0.2) is 30.3 Å². The van der Waals surface area contributed by atoms with Gasteiger partial charge in [-0.25, -0.2) is 0 Å². The number of para-hydroxylation sites is 1. The van der Waals surface area contributed by atoms with Gasteiger partial charge in [0.05, 0.1) is 19.2 Å². The molecule has 1 aliphatic rings. The van der Waals surface area contributed by atoms with E-state index in [0.717, 1.165) is 38.3 Å². The van der Waals surface area contributed by atoms with Crippen LogP contribution in [0.25, 0.3) is 0 Å². The SMILES string of the molecule is N#CCN1CCC(COc2ccccc2)CC1. The van der Waals surface area contributed by atoms with E-state index in [0.29, 0.717) is 12.5 Å². The fraction of sp³-hybridized carbons (Fsp3) is 0.500. The van der Waals surface area contributed by atoms with Crippen molar-refractivity contribution in [2.45, 2.75) is 12.8 Å². The lowest BCUT2D eigenvalue weighted by atomic mass is 9.98. The summed E-state index contributed by atoms with van der Waals surface area (Å²) >= 11 is 0. The van der Waals surface area contributed by atoms with E-state index < -0.39 is 0 Å².